The number of carbonyl (C=O) groups excluding carboxylic acids is 2. The number of piperidine rings is 1. The van der Waals surface area contributed by atoms with Crippen LogP contribution in [-0.2, 0) is 4.79 Å². The van der Waals surface area contributed by atoms with Crippen LogP contribution in [0.2, 0.25) is 0 Å². The highest BCUT2D eigenvalue weighted by Crippen LogP contribution is 2.20. The number of aromatic amines is 1. The first-order valence-corrected chi connectivity index (χ1v) is 6.60. The van der Waals surface area contributed by atoms with Crippen LogP contribution in [0.25, 0.3) is 10.9 Å². The Morgan fingerprint density at radius 2 is 2.00 bits per heavy atom. The minimum absolute atomic E-state index is 0.0283. The topological polar surface area (TPSA) is 53.2 Å². The van der Waals surface area contributed by atoms with Gasteiger partial charge in [-0.25, -0.2) is 0 Å². The van der Waals surface area contributed by atoms with E-state index in [1.165, 1.54) is 0 Å². The average molecular weight is 256 g/mol. The first-order chi connectivity index (χ1) is 9.28. The Morgan fingerprint density at radius 1 is 1.26 bits per heavy atom. The van der Waals surface area contributed by atoms with Crippen molar-refractivity contribution in [2.75, 3.05) is 13.1 Å². The third-order valence-corrected chi connectivity index (χ3v) is 3.78. The molecule has 0 bridgehead atoms. The zero-order chi connectivity index (χ0) is 13.2. The zero-order valence-corrected chi connectivity index (χ0v) is 10.6. The molecule has 0 spiro atoms. The van der Waals surface area contributed by atoms with Crippen LogP contribution in [0.3, 0.4) is 0 Å². The van der Waals surface area contributed by atoms with Crippen LogP contribution in [-0.4, -0.2) is 35.2 Å². The standard InChI is InChI=1S/C15H16N2O2/c18-10-11-5-7-17(8-6-11)15(19)14-9-12-3-1-2-4-13(12)16-14/h1-4,9-11,16H,5-8H2. The van der Waals surface area contributed by atoms with Gasteiger partial charge in [0.1, 0.15) is 12.0 Å². The maximum absolute atomic E-state index is 12.4. The Hall–Kier alpha value is -2.10. The summed E-state index contributed by atoms with van der Waals surface area (Å²) in [7, 11) is 0. The van der Waals surface area contributed by atoms with Crippen LogP contribution in [0.1, 0.15) is 23.3 Å². The fourth-order valence-electron chi connectivity index (χ4n) is 2.60. The number of benzene rings is 1. The molecule has 1 aromatic carbocycles. The number of aldehydes is 1. The average Bonchev–Trinajstić information content (AvgIpc) is 2.90. The van der Waals surface area contributed by atoms with Gasteiger partial charge in [0.05, 0.1) is 0 Å². The summed E-state index contributed by atoms with van der Waals surface area (Å²) in [6.45, 7) is 1.33. The fourth-order valence-corrected chi connectivity index (χ4v) is 2.60. The molecule has 1 aliphatic heterocycles. The monoisotopic (exact) mass is 256 g/mol. The maximum Gasteiger partial charge on any atom is 0.270 e. The summed E-state index contributed by atoms with van der Waals surface area (Å²) >= 11 is 0. The smallest absolute Gasteiger partial charge is 0.270 e. The number of carbonyl (C=O) groups is 2. The first-order valence-electron chi connectivity index (χ1n) is 6.60. The van der Waals surface area contributed by atoms with Crippen molar-refractivity contribution in [3.8, 4) is 0 Å². The third-order valence-electron chi connectivity index (χ3n) is 3.78. The predicted octanol–water partition coefficient (Wildman–Crippen LogP) is 2.22. The molecular weight excluding hydrogens is 240 g/mol. The van der Waals surface area contributed by atoms with Crippen LogP contribution in [0.15, 0.2) is 30.3 Å². The van der Waals surface area contributed by atoms with Crippen molar-refractivity contribution in [1.82, 2.24) is 9.88 Å². The minimum atomic E-state index is 0.0283. The second-order valence-corrected chi connectivity index (χ2v) is 5.04. The highest BCUT2D eigenvalue weighted by molar-refractivity contribution is 5.98. The van der Waals surface area contributed by atoms with Crippen LogP contribution in [0.4, 0.5) is 0 Å². The van der Waals surface area contributed by atoms with E-state index in [-0.39, 0.29) is 11.8 Å². The molecule has 1 N–H and O–H groups in total. The zero-order valence-electron chi connectivity index (χ0n) is 10.6. The highest BCUT2D eigenvalue weighted by Gasteiger charge is 2.24. The number of H-pyrrole nitrogens is 1. The lowest BCUT2D eigenvalue weighted by atomic mass is 9.98. The molecule has 19 heavy (non-hydrogen) atoms. The quantitative estimate of drug-likeness (QED) is 0.838. The number of fused-ring (bicyclic) bond motifs is 1. The third kappa shape index (κ3) is 2.26. The SMILES string of the molecule is O=CC1CCN(C(=O)c2cc3ccccc3[nH]2)CC1. The molecule has 0 aliphatic carbocycles. The fraction of sp³-hybridized carbons (Fsp3) is 0.333. The molecule has 1 fully saturated rings. The summed E-state index contributed by atoms with van der Waals surface area (Å²) in [5.74, 6) is 0.146. The number of para-hydroxylation sites is 1. The van der Waals surface area contributed by atoms with E-state index >= 15 is 0 Å². The Balaban J connectivity index is 1.78. The molecule has 2 aromatic rings. The van der Waals surface area contributed by atoms with Gasteiger partial charge >= 0.3 is 0 Å². The molecule has 0 atom stereocenters. The molecule has 1 amide bonds. The number of nitrogens with zero attached hydrogens (tertiary/aromatic N) is 1. The lowest BCUT2D eigenvalue weighted by Crippen LogP contribution is -2.38. The van der Waals surface area contributed by atoms with Crippen molar-refractivity contribution in [2.24, 2.45) is 5.92 Å². The van der Waals surface area contributed by atoms with Crippen molar-refractivity contribution in [3.63, 3.8) is 0 Å². The Kier molecular flexibility index (Phi) is 3.07. The number of amides is 1. The van der Waals surface area contributed by atoms with Crippen LogP contribution >= 0.6 is 0 Å². The molecule has 98 valence electrons. The minimum Gasteiger partial charge on any atom is -0.351 e. The van der Waals surface area contributed by atoms with Gasteiger partial charge in [-0.05, 0) is 25.0 Å². The lowest BCUT2D eigenvalue weighted by molar-refractivity contribution is -0.112. The molecule has 1 aliphatic rings. The summed E-state index contributed by atoms with van der Waals surface area (Å²) in [5.41, 5.74) is 1.61. The number of aromatic nitrogens is 1. The van der Waals surface area contributed by atoms with Gasteiger partial charge in [0.15, 0.2) is 0 Å². The van der Waals surface area contributed by atoms with E-state index < -0.39 is 0 Å². The Labute approximate surface area is 111 Å². The summed E-state index contributed by atoms with van der Waals surface area (Å²) in [6, 6.07) is 9.75. The number of likely N-dealkylation sites (tertiary alicyclic amines) is 1. The first kappa shape index (κ1) is 12.0. The van der Waals surface area contributed by atoms with Gasteiger partial charge in [-0.3, -0.25) is 4.79 Å². The molecule has 1 aromatic heterocycles. The van der Waals surface area contributed by atoms with E-state index in [4.69, 9.17) is 0 Å². The molecule has 1 saturated heterocycles. The van der Waals surface area contributed by atoms with Gasteiger partial charge in [0, 0.05) is 29.9 Å². The predicted molar refractivity (Wildman–Crippen MR) is 73.0 cm³/mol. The molecule has 4 nitrogen and oxygen atoms in total. The van der Waals surface area contributed by atoms with Crippen molar-refractivity contribution in [2.45, 2.75) is 12.8 Å². The van der Waals surface area contributed by atoms with E-state index in [1.54, 1.807) is 0 Å². The molecule has 0 saturated carbocycles. The van der Waals surface area contributed by atoms with E-state index in [0.29, 0.717) is 18.8 Å². The summed E-state index contributed by atoms with van der Waals surface area (Å²) in [5, 5.41) is 1.05. The van der Waals surface area contributed by atoms with Crippen LogP contribution < -0.4 is 0 Å². The maximum atomic E-state index is 12.4. The second kappa shape index (κ2) is 4.88. The van der Waals surface area contributed by atoms with Gasteiger partial charge in [-0.15, -0.1) is 0 Å². The van der Waals surface area contributed by atoms with Crippen molar-refractivity contribution >= 4 is 23.1 Å². The number of hydrogen-bond donors (Lipinski definition) is 1. The van der Waals surface area contributed by atoms with Crippen molar-refractivity contribution < 1.29 is 9.59 Å². The van der Waals surface area contributed by atoms with E-state index in [2.05, 4.69) is 4.98 Å². The molecular formula is C15H16N2O2. The van der Waals surface area contributed by atoms with Crippen LogP contribution in [0.5, 0.6) is 0 Å². The van der Waals surface area contributed by atoms with Crippen molar-refractivity contribution in [1.29, 1.82) is 0 Å². The number of hydrogen-bond acceptors (Lipinski definition) is 2. The highest BCUT2D eigenvalue weighted by atomic mass is 16.2. The van der Waals surface area contributed by atoms with E-state index in [9.17, 15) is 9.59 Å². The van der Waals surface area contributed by atoms with Crippen molar-refractivity contribution in [3.05, 3.63) is 36.0 Å². The van der Waals surface area contributed by atoms with E-state index in [1.807, 2.05) is 35.2 Å². The summed E-state index contributed by atoms with van der Waals surface area (Å²) in [4.78, 5) is 28.1. The van der Waals surface area contributed by atoms with E-state index in [0.717, 1.165) is 30.0 Å². The van der Waals surface area contributed by atoms with Gasteiger partial charge < -0.3 is 14.7 Å². The van der Waals surface area contributed by atoms with Gasteiger partial charge in [0.2, 0.25) is 0 Å². The Morgan fingerprint density at radius 3 is 2.68 bits per heavy atom. The van der Waals surface area contributed by atoms with Crippen LogP contribution in [0, 0.1) is 5.92 Å². The summed E-state index contributed by atoms with van der Waals surface area (Å²) in [6.07, 6.45) is 2.55. The summed E-state index contributed by atoms with van der Waals surface area (Å²) < 4.78 is 0. The largest absolute Gasteiger partial charge is 0.351 e. The van der Waals surface area contributed by atoms with Gasteiger partial charge in [-0.1, -0.05) is 18.2 Å². The lowest BCUT2D eigenvalue weighted by Gasteiger charge is -2.29. The van der Waals surface area contributed by atoms with Gasteiger partial charge in [-0.2, -0.15) is 0 Å². The molecule has 2 heterocycles. The molecule has 0 unspecified atom stereocenters. The Bertz CT molecular complexity index is 576. The second-order valence-electron chi connectivity index (χ2n) is 5.04. The van der Waals surface area contributed by atoms with Gasteiger partial charge in [0.25, 0.3) is 5.91 Å². The number of nitrogens with one attached hydrogen (secondary N) is 1. The molecule has 0 radical (unpaired) electrons. The normalized spacial score (nSPS) is 16.7. The number of rotatable bonds is 2. The molecule has 4 heteroatoms. The molecule has 3 rings (SSSR count).